The van der Waals surface area contributed by atoms with E-state index in [1.807, 2.05) is 24.3 Å². The SMILES string of the molecule is CC(C)Cc1ccc(-c2cc(NS(=O)(=O)c3ccc(Br)cc3F)c(C(=O)O)s2)cc1. The van der Waals surface area contributed by atoms with Crippen molar-refractivity contribution in [3.05, 3.63) is 69.3 Å². The molecule has 0 aliphatic rings. The lowest BCUT2D eigenvalue weighted by atomic mass is 10.0. The maximum atomic E-state index is 14.1. The maximum Gasteiger partial charge on any atom is 0.348 e. The molecule has 5 nitrogen and oxygen atoms in total. The zero-order valence-corrected chi connectivity index (χ0v) is 19.4. The van der Waals surface area contributed by atoms with Gasteiger partial charge in [-0.3, -0.25) is 4.72 Å². The van der Waals surface area contributed by atoms with E-state index in [1.165, 1.54) is 12.1 Å². The summed E-state index contributed by atoms with van der Waals surface area (Å²) >= 11 is 4.03. The standard InChI is InChI=1S/C21H19BrFNO4S2/c1-12(2)9-13-3-5-14(6-4-13)18-11-17(20(29-18)21(25)26)24-30(27,28)19-8-7-15(22)10-16(19)23/h3-8,10-12,24H,9H2,1-2H3,(H,25,26). The number of anilines is 1. The Morgan fingerprint density at radius 2 is 1.83 bits per heavy atom. The molecule has 0 spiro atoms. The Labute approximate surface area is 186 Å². The van der Waals surface area contributed by atoms with Crippen LogP contribution in [0.2, 0.25) is 0 Å². The molecule has 0 fully saturated rings. The molecule has 2 aromatic carbocycles. The van der Waals surface area contributed by atoms with Gasteiger partial charge in [-0.25, -0.2) is 17.6 Å². The van der Waals surface area contributed by atoms with Gasteiger partial charge in [0.05, 0.1) is 5.69 Å². The highest BCUT2D eigenvalue weighted by atomic mass is 79.9. The molecule has 1 heterocycles. The molecule has 0 amide bonds. The van der Waals surface area contributed by atoms with E-state index in [0.717, 1.165) is 41.0 Å². The molecule has 9 heteroatoms. The smallest absolute Gasteiger partial charge is 0.348 e. The highest BCUT2D eigenvalue weighted by molar-refractivity contribution is 9.10. The van der Waals surface area contributed by atoms with E-state index in [9.17, 15) is 22.7 Å². The van der Waals surface area contributed by atoms with Gasteiger partial charge in [0.25, 0.3) is 10.0 Å². The van der Waals surface area contributed by atoms with Gasteiger partial charge in [0.15, 0.2) is 0 Å². The molecule has 0 aliphatic heterocycles. The minimum Gasteiger partial charge on any atom is -0.477 e. The molecule has 0 saturated carbocycles. The van der Waals surface area contributed by atoms with Crippen molar-refractivity contribution >= 4 is 48.9 Å². The van der Waals surface area contributed by atoms with Crippen molar-refractivity contribution in [1.29, 1.82) is 0 Å². The van der Waals surface area contributed by atoms with E-state index in [0.29, 0.717) is 15.3 Å². The molecule has 2 N–H and O–H groups in total. The average molecular weight is 512 g/mol. The summed E-state index contributed by atoms with van der Waals surface area (Å²) in [5.74, 6) is -1.70. The minimum absolute atomic E-state index is 0.101. The van der Waals surface area contributed by atoms with Gasteiger partial charge >= 0.3 is 5.97 Å². The highest BCUT2D eigenvalue weighted by Gasteiger charge is 2.24. The van der Waals surface area contributed by atoms with Gasteiger partial charge in [0.2, 0.25) is 0 Å². The summed E-state index contributed by atoms with van der Waals surface area (Å²) in [7, 11) is -4.31. The summed E-state index contributed by atoms with van der Waals surface area (Å²) in [5, 5.41) is 9.52. The molecule has 0 unspecified atom stereocenters. The Morgan fingerprint density at radius 1 is 1.17 bits per heavy atom. The summed E-state index contributed by atoms with van der Waals surface area (Å²) in [6.07, 6.45) is 0.925. The first kappa shape index (κ1) is 22.5. The predicted molar refractivity (Wildman–Crippen MR) is 120 cm³/mol. The van der Waals surface area contributed by atoms with Crippen molar-refractivity contribution in [2.45, 2.75) is 25.2 Å². The molecule has 3 aromatic rings. The monoisotopic (exact) mass is 511 g/mol. The lowest BCUT2D eigenvalue weighted by Crippen LogP contribution is -2.15. The van der Waals surface area contributed by atoms with Crippen molar-refractivity contribution in [3.63, 3.8) is 0 Å². The fourth-order valence-corrected chi connectivity index (χ4v) is 5.42. The van der Waals surface area contributed by atoms with Crippen molar-refractivity contribution in [2.75, 3.05) is 4.72 Å². The van der Waals surface area contributed by atoms with Gasteiger partial charge in [-0.05, 0) is 47.7 Å². The van der Waals surface area contributed by atoms with E-state index in [2.05, 4.69) is 34.5 Å². The zero-order valence-electron chi connectivity index (χ0n) is 16.1. The number of benzene rings is 2. The lowest BCUT2D eigenvalue weighted by Gasteiger charge is -2.08. The first-order valence-corrected chi connectivity index (χ1v) is 12.1. The van der Waals surface area contributed by atoms with Gasteiger partial charge in [-0.15, -0.1) is 11.3 Å². The third-order valence-electron chi connectivity index (χ3n) is 4.24. The first-order chi connectivity index (χ1) is 14.1. The summed E-state index contributed by atoms with van der Waals surface area (Å²) < 4.78 is 42.0. The van der Waals surface area contributed by atoms with Crippen LogP contribution in [0.1, 0.15) is 29.1 Å². The maximum absolute atomic E-state index is 14.1. The largest absolute Gasteiger partial charge is 0.477 e. The molecule has 1 aromatic heterocycles. The van der Waals surface area contributed by atoms with E-state index in [1.54, 1.807) is 0 Å². The van der Waals surface area contributed by atoms with Crippen LogP contribution in [0.25, 0.3) is 10.4 Å². The minimum atomic E-state index is -4.31. The zero-order chi connectivity index (χ0) is 22.1. The van der Waals surface area contributed by atoms with Crippen LogP contribution < -0.4 is 4.72 Å². The van der Waals surface area contributed by atoms with E-state index in [-0.39, 0.29) is 10.6 Å². The second-order valence-electron chi connectivity index (χ2n) is 7.13. The average Bonchev–Trinajstić information content (AvgIpc) is 3.04. The van der Waals surface area contributed by atoms with Gasteiger partial charge in [-0.1, -0.05) is 54.0 Å². The number of carbonyl (C=O) groups is 1. The quantitative estimate of drug-likeness (QED) is 0.406. The molecule has 158 valence electrons. The molecular formula is C21H19BrFNO4S2. The molecule has 3 rings (SSSR count). The lowest BCUT2D eigenvalue weighted by molar-refractivity contribution is 0.0703. The number of aromatic carboxylic acids is 1. The number of hydrogen-bond acceptors (Lipinski definition) is 4. The number of rotatable bonds is 7. The number of carboxylic acid groups (broad SMARTS) is 1. The molecular weight excluding hydrogens is 493 g/mol. The first-order valence-electron chi connectivity index (χ1n) is 9.01. The van der Waals surface area contributed by atoms with Crippen LogP contribution in [-0.2, 0) is 16.4 Å². The second-order valence-corrected chi connectivity index (χ2v) is 10.8. The summed E-state index contributed by atoms with van der Waals surface area (Å²) in [5.41, 5.74) is 1.83. The summed E-state index contributed by atoms with van der Waals surface area (Å²) in [4.78, 5) is 11.5. The predicted octanol–water partition coefficient (Wildman–Crippen LogP) is 6.01. The third-order valence-corrected chi connectivity index (χ3v) is 7.30. The molecule has 0 atom stereocenters. The normalized spacial score (nSPS) is 11.6. The number of sulfonamides is 1. The second kappa shape index (κ2) is 8.87. The van der Waals surface area contributed by atoms with E-state index >= 15 is 0 Å². The highest BCUT2D eigenvalue weighted by Crippen LogP contribution is 2.36. The van der Waals surface area contributed by atoms with Gasteiger partial charge in [0.1, 0.15) is 15.6 Å². The summed E-state index contributed by atoms with van der Waals surface area (Å²) in [6.45, 7) is 4.25. The Kier molecular flexibility index (Phi) is 6.64. The van der Waals surface area contributed by atoms with Gasteiger partial charge < -0.3 is 5.11 Å². The van der Waals surface area contributed by atoms with Crippen LogP contribution in [0.15, 0.2) is 57.9 Å². The Morgan fingerprint density at radius 3 is 2.40 bits per heavy atom. The topological polar surface area (TPSA) is 83.5 Å². The molecule has 0 radical (unpaired) electrons. The fourth-order valence-electron chi connectivity index (χ4n) is 2.94. The van der Waals surface area contributed by atoms with Crippen molar-refractivity contribution in [3.8, 4) is 10.4 Å². The number of carboxylic acids is 1. The number of thiophene rings is 1. The van der Waals surface area contributed by atoms with Gasteiger partial charge in [-0.2, -0.15) is 0 Å². The van der Waals surface area contributed by atoms with Crippen LogP contribution in [-0.4, -0.2) is 19.5 Å². The van der Waals surface area contributed by atoms with Crippen molar-refractivity contribution in [1.82, 2.24) is 0 Å². The Bertz CT molecular complexity index is 1190. The van der Waals surface area contributed by atoms with E-state index < -0.39 is 26.7 Å². The van der Waals surface area contributed by atoms with Crippen molar-refractivity contribution in [2.24, 2.45) is 5.92 Å². The third kappa shape index (κ3) is 5.08. The van der Waals surface area contributed by atoms with Crippen LogP contribution >= 0.6 is 27.3 Å². The van der Waals surface area contributed by atoms with E-state index in [4.69, 9.17) is 0 Å². The Balaban J connectivity index is 1.96. The van der Waals surface area contributed by atoms with Crippen LogP contribution in [0.3, 0.4) is 0 Å². The molecule has 30 heavy (non-hydrogen) atoms. The van der Waals surface area contributed by atoms with Crippen LogP contribution in [0.4, 0.5) is 10.1 Å². The number of nitrogens with one attached hydrogen (secondary N) is 1. The molecule has 0 saturated heterocycles. The number of hydrogen-bond donors (Lipinski definition) is 2. The van der Waals surface area contributed by atoms with Crippen LogP contribution in [0, 0.1) is 11.7 Å². The van der Waals surface area contributed by atoms with Crippen LogP contribution in [0.5, 0.6) is 0 Å². The molecule has 0 bridgehead atoms. The summed E-state index contributed by atoms with van der Waals surface area (Å²) in [6, 6.07) is 12.7. The molecule has 0 aliphatic carbocycles. The van der Waals surface area contributed by atoms with Crippen molar-refractivity contribution < 1.29 is 22.7 Å². The fraction of sp³-hybridized carbons (Fsp3) is 0.190. The van der Waals surface area contributed by atoms with Gasteiger partial charge in [0, 0.05) is 9.35 Å². The number of halogens is 2. The Hall–Kier alpha value is -2.23.